The van der Waals surface area contributed by atoms with Gasteiger partial charge in [-0.05, 0) is 85.8 Å². The predicted molar refractivity (Wildman–Crippen MR) is 225 cm³/mol. The number of aliphatic hydroxyl groups excluding tert-OH is 2. The van der Waals surface area contributed by atoms with Crippen molar-refractivity contribution in [2.75, 3.05) is 53.4 Å². The highest BCUT2D eigenvalue weighted by Gasteiger charge is 2.51. The largest absolute Gasteiger partial charge is 0.496 e. The number of amides is 2. The number of nitrogens with zero attached hydrogens (tertiary/aromatic N) is 3. The number of hydrogen-bond donors (Lipinski definition) is 4. The summed E-state index contributed by atoms with van der Waals surface area (Å²) < 4.78 is 6.11. The summed E-state index contributed by atoms with van der Waals surface area (Å²) in [6.45, 7) is 13.5. The Morgan fingerprint density at radius 2 is 1.82 bits per heavy atom. The van der Waals surface area contributed by atoms with E-state index in [-0.39, 0.29) is 48.4 Å². The first-order chi connectivity index (χ1) is 26.5. The van der Waals surface area contributed by atoms with E-state index < -0.39 is 24.2 Å². The Hall–Kier alpha value is -3.52. The molecule has 1 saturated carbocycles. The maximum absolute atomic E-state index is 14.4. The number of nitrogens with one attached hydrogen (secondary N) is 2. The number of hydrogen-bond acceptors (Lipinski definition) is 10. The van der Waals surface area contributed by atoms with E-state index in [0.717, 1.165) is 35.2 Å². The van der Waals surface area contributed by atoms with Gasteiger partial charge in [0.25, 0.3) is 5.91 Å². The Bertz CT molecular complexity index is 1780. The van der Waals surface area contributed by atoms with Crippen LogP contribution in [0.4, 0.5) is 5.69 Å². The Kier molecular flexibility index (Phi) is 14.3. The third-order valence-electron chi connectivity index (χ3n) is 12.8. The quantitative estimate of drug-likeness (QED) is 0.154. The number of ether oxygens (including phenoxy) is 1. The molecular formula is C44H65N5O6S. The monoisotopic (exact) mass is 791 g/mol. The van der Waals surface area contributed by atoms with Crippen molar-refractivity contribution in [2.45, 2.75) is 91.3 Å². The lowest BCUT2D eigenvalue weighted by Gasteiger charge is -2.50. The van der Waals surface area contributed by atoms with Crippen molar-refractivity contribution >= 4 is 28.8 Å². The normalized spacial score (nSPS) is 26.1. The van der Waals surface area contributed by atoms with E-state index in [1.807, 2.05) is 75.6 Å². The molecule has 2 aliphatic rings. The van der Waals surface area contributed by atoms with E-state index in [1.54, 1.807) is 30.4 Å². The zero-order chi connectivity index (χ0) is 41.1. The zero-order valence-corrected chi connectivity index (χ0v) is 36.0. The van der Waals surface area contributed by atoms with Crippen LogP contribution in [0.3, 0.4) is 0 Å². The number of carbonyl (C=O) groups is 2. The van der Waals surface area contributed by atoms with Gasteiger partial charge in [-0.15, -0.1) is 11.3 Å². The topological polar surface area (TPSA) is 127 Å². The Morgan fingerprint density at radius 1 is 1.09 bits per heavy atom. The van der Waals surface area contributed by atoms with Crippen molar-refractivity contribution < 1.29 is 29.4 Å². The van der Waals surface area contributed by atoms with Crippen molar-refractivity contribution in [3.05, 3.63) is 69.9 Å². The summed E-state index contributed by atoms with van der Waals surface area (Å²) in [5, 5.41) is 31.7. The lowest BCUT2D eigenvalue weighted by molar-refractivity contribution is -0.182. The van der Waals surface area contributed by atoms with E-state index in [0.29, 0.717) is 29.7 Å². The van der Waals surface area contributed by atoms with Crippen LogP contribution >= 0.6 is 11.3 Å². The third kappa shape index (κ3) is 9.60. The van der Waals surface area contributed by atoms with Crippen LogP contribution < -0.4 is 20.3 Å². The summed E-state index contributed by atoms with van der Waals surface area (Å²) >= 11 is 1.69. The Balaban J connectivity index is 1.46. The van der Waals surface area contributed by atoms with E-state index >= 15 is 0 Å². The fraction of sp³-hybridized carbons (Fsp3) is 0.591. The first-order valence-electron chi connectivity index (χ1n) is 20.0. The number of carbonyl (C=O) groups excluding carboxylic acids is 2. The number of rotatable bonds is 15. The van der Waals surface area contributed by atoms with E-state index in [4.69, 9.17) is 9.57 Å². The molecule has 0 radical (unpaired) electrons. The summed E-state index contributed by atoms with van der Waals surface area (Å²) in [5.74, 6) is 0.580. The van der Waals surface area contributed by atoms with Crippen LogP contribution in [0.15, 0.2) is 53.9 Å². The highest BCUT2D eigenvalue weighted by atomic mass is 32.1. The van der Waals surface area contributed by atoms with Gasteiger partial charge in [-0.3, -0.25) is 14.4 Å². The number of thiophene rings is 1. The van der Waals surface area contributed by atoms with Crippen molar-refractivity contribution in [1.29, 1.82) is 0 Å². The average molecular weight is 792 g/mol. The lowest BCUT2D eigenvalue weighted by atomic mass is 9.58. The molecular weight excluding hydrogens is 727 g/mol. The number of aliphatic hydroxyl groups is 2. The molecule has 56 heavy (non-hydrogen) atoms. The van der Waals surface area contributed by atoms with Crippen LogP contribution in [0.2, 0.25) is 0 Å². The van der Waals surface area contributed by atoms with E-state index in [1.165, 1.54) is 4.88 Å². The molecule has 1 aromatic heterocycles. The van der Waals surface area contributed by atoms with Crippen molar-refractivity contribution in [3.63, 3.8) is 0 Å². The van der Waals surface area contributed by atoms with Crippen LogP contribution in [0, 0.1) is 29.1 Å². The van der Waals surface area contributed by atoms with Gasteiger partial charge in [-0.2, -0.15) is 5.06 Å². The Labute approximate surface area is 338 Å². The van der Waals surface area contributed by atoms with Gasteiger partial charge in [-0.25, -0.2) is 0 Å². The molecule has 3 aromatic rings. The first kappa shape index (κ1) is 43.6. The van der Waals surface area contributed by atoms with Gasteiger partial charge in [0.05, 0.1) is 26.4 Å². The molecule has 1 saturated heterocycles. The number of anilines is 1. The molecule has 308 valence electrons. The summed E-state index contributed by atoms with van der Waals surface area (Å²) in [6, 6.07) is 14.8. The Morgan fingerprint density at radius 3 is 2.43 bits per heavy atom. The molecule has 4 N–H and O–H groups in total. The molecule has 0 spiro atoms. The van der Waals surface area contributed by atoms with Crippen LogP contribution in [-0.4, -0.2) is 111 Å². The molecule has 0 unspecified atom stereocenters. The second-order valence-electron chi connectivity index (χ2n) is 17.3. The summed E-state index contributed by atoms with van der Waals surface area (Å²) in [4.78, 5) is 39.9. The highest BCUT2D eigenvalue weighted by molar-refractivity contribution is 7.09. The first-order valence-corrected chi connectivity index (χ1v) is 20.8. The number of likely N-dealkylation sites (N-methyl/N-ethyl adjacent to an activating group) is 1. The summed E-state index contributed by atoms with van der Waals surface area (Å²) in [7, 11) is 9.52. The van der Waals surface area contributed by atoms with Gasteiger partial charge in [0.2, 0.25) is 5.91 Å². The average Bonchev–Trinajstić information content (AvgIpc) is 3.80. The predicted octanol–water partition coefficient (Wildman–Crippen LogP) is 5.69. The van der Waals surface area contributed by atoms with Crippen molar-refractivity contribution in [2.24, 2.45) is 29.1 Å². The molecule has 5 rings (SSSR count). The molecule has 9 atom stereocenters. The molecule has 2 heterocycles. The maximum atomic E-state index is 14.4. The molecule has 1 aliphatic heterocycles. The van der Waals surface area contributed by atoms with Crippen LogP contribution in [-0.2, 0) is 22.6 Å². The van der Waals surface area contributed by atoms with Crippen LogP contribution in [0.5, 0.6) is 5.75 Å². The minimum absolute atomic E-state index is 0.0349. The summed E-state index contributed by atoms with van der Waals surface area (Å²) in [6.07, 6.45) is -0.0941. The van der Waals surface area contributed by atoms with Gasteiger partial charge >= 0.3 is 0 Å². The molecule has 12 heteroatoms. The number of hydroxylamine groups is 2. The molecule has 0 bridgehead atoms. The fourth-order valence-corrected chi connectivity index (χ4v) is 9.54. The standard InChI is InChI=1S/C44H65N5O6S/c1-26-18-37(27(2)28(3)44(26,5)6)46-43(53)40-39(29(4)51)38(25-50)55-49(40)23-30-14-12-16-36(41(30)54-11)31-19-32(21-34(20-31)48(9)10)42(52)45-33(24-47(7)8)22-35-15-13-17-56-35/h12-17,19-21,26-29,33,37-40,50-51H,18,22-25H2,1-11H3,(H,45,52)(H,46,53)/t26-,27+,28+,29+,33+,37+,38+,39-,40+/m1/s1. The van der Waals surface area contributed by atoms with E-state index in [2.05, 4.69) is 61.6 Å². The molecule has 2 aromatic carbocycles. The second kappa shape index (κ2) is 18.4. The van der Waals surface area contributed by atoms with Crippen LogP contribution in [0.1, 0.15) is 68.8 Å². The minimum Gasteiger partial charge on any atom is -0.496 e. The minimum atomic E-state index is -0.914. The smallest absolute Gasteiger partial charge is 0.251 e. The van der Waals surface area contributed by atoms with Crippen LogP contribution in [0.25, 0.3) is 11.1 Å². The zero-order valence-electron chi connectivity index (χ0n) is 35.2. The van der Waals surface area contributed by atoms with Gasteiger partial charge in [0, 0.05) is 72.3 Å². The van der Waals surface area contributed by atoms with Gasteiger partial charge in [-0.1, -0.05) is 58.9 Å². The van der Waals surface area contributed by atoms with Gasteiger partial charge in [0.15, 0.2) is 0 Å². The van der Waals surface area contributed by atoms with Gasteiger partial charge in [0.1, 0.15) is 17.9 Å². The number of methoxy groups -OCH3 is 1. The molecule has 2 amide bonds. The second-order valence-corrected chi connectivity index (χ2v) is 18.3. The molecule has 2 fully saturated rings. The summed E-state index contributed by atoms with van der Waals surface area (Å²) in [5.41, 5.74) is 3.86. The van der Waals surface area contributed by atoms with E-state index in [9.17, 15) is 19.8 Å². The van der Waals surface area contributed by atoms with Crippen molar-refractivity contribution in [1.82, 2.24) is 20.6 Å². The SMILES string of the molecule is COc1c(CN2O[C@@H](CO)[C@@H]([C@H](C)O)[C@H]2C(=O)N[C@H]2C[C@@H](C)C(C)(C)[C@@H](C)[C@@H]2C)cccc1-c1cc(C(=O)N[C@@H](Cc2cccs2)CN(C)C)cc(N(C)C)c1. The number of benzene rings is 2. The number of para-hydroxylation sites is 1. The lowest BCUT2D eigenvalue weighted by Crippen LogP contribution is -2.56. The fourth-order valence-electron chi connectivity index (χ4n) is 8.75. The third-order valence-corrected chi connectivity index (χ3v) is 13.7. The highest BCUT2D eigenvalue weighted by Crippen LogP contribution is 2.47. The van der Waals surface area contributed by atoms with Gasteiger partial charge < -0.3 is 35.4 Å². The van der Waals surface area contributed by atoms with Crippen molar-refractivity contribution in [3.8, 4) is 16.9 Å². The molecule has 11 nitrogen and oxygen atoms in total. The maximum Gasteiger partial charge on any atom is 0.251 e. The molecule has 1 aliphatic carbocycles.